The SMILES string of the molecule is CCC/C=C/Cc1ccc2c(c1)OC(C(C)=O)O2. The number of carbonyl (C=O) groups excluding carboxylic acids is 1. The quantitative estimate of drug-likeness (QED) is 0.748. The van der Waals surface area contributed by atoms with Crippen molar-refractivity contribution in [1.29, 1.82) is 0 Å². The molecule has 3 nitrogen and oxygen atoms in total. The molecule has 1 aromatic rings. The van der Waals surface area contributed by atoms with Crippen molar-refractivity contribution < 1.29 is 14.3 Å². The monoisotopic (exact) mass is 246 g/mol. The minimum Gasteiger partial charge on any atom is -0.444 e. The summed E-state index contributed by atoms with van der Waals surface area (Å²) in [6.45, 7) is 3.62. The normalized spacial score (nSPS) is 17.3. The van der Waals surface area contributed by atoms with Crippen LogP contribution in [0.3, 0.4) is 0 Å². The molecule has 0 bridgehead atoms. The number of benzene rings is 1. The van der Waals surface area contributed by atoms with Crippen LogP contribution < -0.4 is 9.47 Å². The van der Waals surface area contributed by atoms with Crippen LogP contribution in [0.5, 0.6) is 11.5 Å². The predicted molar refractivity (Wildman–Crippen MR) is 69.9 cm³/mol. The Morgan fingerprint density at radius 3 is 2.78 bits per heavy atom. The number of hydrogen-bond acceptors (Lipinski definition) is 3. The molecule has 0 spiro atoms. The summed E-state index contributed by atoms with van der Waals surface area (Å²) in [5, 5.41) is 0. The van der Waals surface area contributed by atoms with Gasteiger partial charge < -0.3 is 9.47 Å². The molecule has 0 radical (unpaired) electrons. The van der Waals surface area contributed by atoms with Gasteiger partial charge in [-0.2, -0.15) is 0 Å². The van der Waals surface area contributed by atoms with Gasteiger partial charge in [0.25, 0.3) is 0 Å². The van der Waals surface area contributed by atoms with Crippen molar-refractivity contribution in [1.82, 2.24) is 0 Å². The van der Waals surface area contributed by atoms with Gasteiger partial charge in [0, 0.05) is 6.92 Å². The third kappa shape index (κ3) is 2.92. The van der Waals surface area contributed by atoms with Crippen LogP contribution in [0.4, 0.5) is 0 Å². The Hall–Kier alpha value is -1.77. The first-order valence-corrected chi connectivity index (χ1v) is 6.32. The molecule has 0 saturated heterocycles. The van der Waals surface area contributed by atoms with Crippen LogP contribution in [0.15, 0.2) is 30.4 Å². The molecule has 0 aromatic heterocycles. The van der Waals surface area contributed by atoms with Crippen LogP contribution in [0.2, 0.25) is 0 Å². The molecule has 1 heterocycles. The lowest BCUT2D eigenvalue weighted by Gasteiger charge is -2.03. The van der Waals surface area contributed by atoms with Crippen molar-refractivity contribution in [2.75, 3.05) is 0 Å². The highest BCUT2D eigenvalue weighted by molar-refractivity contribution is 5.80. The van der Waals surface area contributed by atoms with Crippen molar-refractivity contribution in [3.8, 4) is 11.5 Å². The average Bonchev–Trinajstić information content (AvgIpc) is 2.78. The van der Waals surface area contributed by atoms with E-state index in [1.807, 2.05) is 18.2 Å². The summed E-state index contributed by atoms with van der Waals surface area (Å²) in [5.41, 5.74) is 1.16. The molecule has 2 rings (SSSR count). The summed E-state index contributed by atoms with van der Waals surface area (Å²) >= 11 is 0. The summed E-state index contributed by atoms with van der Waals surface area (Å²) < 4.78 is 10.8. The molecule has 1 aliphatic heterocycles. The number of unbranched alkanes of at least 4 members (excludes halogenated alkanes) is 1. The number of hydrogen-bond donors (Lipinski definition) is 0. The predicted octanol–water partition coefficient (Wildman–Crippen LogP) is 3.27. The Balaban J connectivity index is 2.02. The number of rotatable bonds is 5. The molecule has 96 valence electrons. The van der Waals surface area contributed by atoms with E-state index in [0.29, 0.717) is 11.5 Å². The topological polar surface area (TPSA) is 35.5 Å². The molecule has 1 aliphatic rings. The van der Waals surface area contributed by atoms with Gasteiger partial charge >= 0.3 is 6.29 Å². The molecule has 0 fully saturated rings. The van der Waals surface area contributed by atoms with E-state index in [1.54, 1.807) is 0 Å². The van der Waals surface area contributed by atoms with Crippen molar-refractivity contribution >= 4 is 5.78 Å². The molecule has 1 aromatic carbocycles. The van der Waals surface area contributed by atoms with Crippen LogP contribution in [0, 0.1) is 0 Å². The average molecular weight is 246 g/mol. The van der Waals surface area contributed by atoms with Crippen molar-refractivity contribution in [3.05, 3.63) is 35.9 Å². The first-order valence-electron chi connectivity index (χ1n) is 6.32. The maximum atomic E-state index is 11.2. The van der Waals surface area contributed by atoms with Gasteiger partial charge in [-0.05, 0) is 30.5 Å². The molecular formula is C15H18O3. The lowest BCUT2D eigenvalue weighted by molar-refractivity contribution is -0.132. The van der Waals surface area contributed by atoms with Gasteiger partial charge in [0.05, 0.1) is 0 Å². The van der Waals surface area contributed by atoms with E-state index in [-0.39, 0.29) is 5.78 Å². The maximum absolute atomic E-state index is 11.2. The van der Waals surface area contributed by atoms with Crippen molar-refractivity contribution in [2.24, 2.45) is 0 Å². The maximum Gasteiger partial charge on any atom is 0.300 e. The smallest absolute Gasteiger partial charge is 0.300 e. The van der Waals surface area contributed by atoms with Crippen molar-refractivity contribution in [3.63, 3.8) is 0 Å². The van der Waals surface area contributed by atoms with E-state index in [2.05, 4.69) is 19.1 Å². The second kappa shape index (κ2) is 5.71. The van der Waals surface area contributed by atoms with E-state index < -0.39 is 6.29 Å². The Bertz CT molecular complexity index is 463. The molecule has 0 amide bonds. The lowest BCUT2D eigenvalue weighted by Crippen LogP contribution is -2.26. The molecular weight excluding hydrogens is 228 g/mol. The number of carbonyl (C=O) groups is 1. The number of allylic oxidation sites excluding steroid dienone is 2. The van der Waals surface area contributed by atoms with Crippen LogP contribution in [-0.2, 0) is 11.2 Å². The second-order valence-electron chi connectivity index (χ2n) is 4.42. The zero-order chi connectivity index (χ0) is 13.0. The Labute approximate surface area is 107 Å². The van der Waals surface area contributed by atoms with Crippen LogP contribution >= 0.6 is 0 Å². The summed E-state index contributed by atoms with van der Waals surface area (Å²) in [7, 11) is 0. The van der Waals surface area contributed by atoms with Crippen LogP contribution in [0.1, 0.15) is 32.3 Å². The van der Waals surface area contributed by atoms with E-state index >= 15 is 0 Å². The van der Waals surface area contributed by atoms with E-state index in [9.17, 15) is 4.79 Å². The fraction of sp³-hybridized carbons (Fsp3) is 0.400. The number of Topliss-reactive ketones (excluding diaryl/α,β-unsaturated/α-hetero) is 1. The summed E-state index contributed by atoms with van der Waals surface area (Å²) in [6, 6.07) is 5.80. The first-order chi connectivity index (χ1) is 8.70. The van der Waals surface area contributed by atoms with Gasteiger partial charge in [-0.1, -0.05) is 31.6 Å². The second-order valence-corrected chi connectivity index (χ2v) is 4.42. The van der Waals surface area contributed by atoms with Gasteiger partial charge in [-0.3, -0.25) is 4.79 Å². The molecule has 3 heteroatoms. The largest absolute Gasteiger partial charge is 0.444 e. The summed E-state index contributed by atoms with van der Waals surface area (Å²) in [6.07, 6.45) is 6.72. The van der Waals surface area contributed by atoms with E-state index in [4.69, 9.17) is 9.47 Å². The standard InChI is InChI=1S/C15H18O3/c1-3-4-5-6-7-12-8-9-13-14(10-12)18-15(17-13)11(2)16/h5-6,8-10,15H,3-4,7H2,1-2H3/b6-5+. The van der Waals surface area contributed by atoms with Gasteiger partial charge in [0.1, 0.15) is 0 Å². The zero-order valence-corrected chi connectivity index (χ0v) is 10.8. The molecule has 18 heavy (non-hydrogen) atoms. The minimum absolute atomic E-state index is 0.115. The zero-order valence-electron chi connectivity index (χ0n) is 10.8. The summed E-state index contributed by atoms with van der Waals surface area (Å²) in [4.78, 5) is 11.2. The highest BCUT2D eigenvalue weighted by atomic mass is 16.7. The van der Waals surface area contributed by atoms with Gasteiger partial charge in [-0.25, -0.2) is 0 Å². The molecule has 0 saturated carbocycles. The molecule has 1 unspecified atom stereocenters. The summed E-state index contributed by atoms with van der Waals surface area (Å²) in [5.74, 6) is 1.20. The van der Waals surface area contributed by atoms with Crippen LogP contribution in [0.25, 0.3) is 0 Å². The third-order valence-electron chi connectivity index (χ3n) is 2.78. The van der Waals surface area contributed by atoms with Crippen molar-refractivity contribution in [2.45, 2.75) is 39.4 Å². The van der Waals surface area contributed by atoms with E-state index in [0.717, 1.165) is 24.8 Å². The fourth-order valence-corrected chi connectivity index (χ4v) is 1.79. The lowest BCUT2D eigenvalue weighted by atomic mass is 10.1. The van der Waals surface area contributed by atoms with Gasteiger partial charge in [-0.15, -0.1) is 0 Å². The highest BCUT2D eigenvalue weighted by Gasteiger charge is 2.27. The Morgan fingerprint density at radius 1 is 1.28 bits per heavy atom. The highest BCUT2D eigenvalue weighted by Crippen LogP contribution is 2.35. The van der Waals surface area contributed by atoms with E-state index in [1.165, 1.54) is 6.92 Å². The molecule has 0 N–H and O–H groups in total. The number of ketones is 1. The van der Waals surface area contributed by atoms with Gasteiger partial charge in [0.15, 0.2) is 11.5 Å². The third-order valence-corrected chi connectivity index (χ3v) is 2.78. The Morgan fingerprint density at radius 2 is 2.06 bits per heavy atom. The number of ether oxygens (including phenoxy) is 2. The van der Waals surface area contributed by atoms with Gasteiger partial charge in [0.2, 0.25) is 5.78 Å². The van der Waals surface area contributed by atoms with Crippen LogP contribution in [-0.4, -0.2) is 12.1 Å². The first kappa shape index (κ1) is 12.7. The Kier molecular flexibility index (Phi) is 4.03. The molecule has 0 aliphatic carbocycles. The molecule has 1 atom stereocenters. The fourth-order valence-electron chi connectivity index (χ4n) is 1.79. The minimum atomic E-state index is -0.772. The number of fused-ring (bicyclic) bond motifs is 1.